The molecule has 4 nitrogen and oxygen atoms in total. The van der Waals surface area contributed by atoms with Gasteiger partial charge >= 0.3 is 0 Å². The van der Waals surface area contributed by atoms with Gasteiger partial charge in [-0.1, -0.05) is 0 Å². The van der Waals surface area contributed by atoms with Gasteiger partial charge in [0.05, 0.1) is 19.0 Å². The molecular weight excluding hydrogens is 214 g/mol. The van der Waals surface area contributed by atoms with Gasteiger partial charge in [0.2, 0.25) is 0 Å². The van der Waals surface area contributed by atoms with Crippen molar-refractivity contribution >= 4 is 0 Å². The van der Waals surface area contributed by atoms with Crippen LogP contribution in [-0.2, 0) is 6.54 Å². The van der Waals surface area contributed by atoms with Crippen LogP contribution in [0.3, 0.4) is 0 Å². The highest BCUT2D eigenvalue weighted by Crippen LogP contribution is 2.35. The third-order valence-electron chi connectivity index (χ3n) is 3.60. The summed E-state index contributed by atoms with van der Waals surface area (Å²) >= 11 is 0. The van der Waals surface area contributed by atoms with Crippen molar-refractivity contribution in [2.24, 2.45) is 0 Å². The quantitative estimate of drug-likeness (QED) is 0.875. The summed E-state index contributed by atoms with van der Waals surface area (Å²) in [7, 11) is 1.73. The van der Waals surface area contributed by atoms with E-state index in [1.165, 1.54) is 5.69 Å². The van der Waals surface area contributed by atoms with Crippen LogP contribution in [0.5, 0.6) is 5.75 Å². The Bertz CT molecular complexity index is 343. The van der Waals surface area contributed by atoms with Crippen LogP contribution in [0.1, 0.15) is 45.2 Å². The van der Waals surface area contributed by atoms with Crippen molar-refractivity contribution in [3.63, 3.8) is 0 Å². The third-order valence-corrected chi connectivity index (χ3v) is 3.60. The molecule has 1 aliphatic heterocycles. The van der Waals surface area contributed by atoms with Gasteiger partial charge in [-0.3, -0.25) is 4.68 Å². The van der Waals surface area contributed by atoms with Gasteiger partial charge in [0.15, 0.2) is 5.75 Å². The molecule has 0 aromatic carbocycles. The van der Waals surface area contributed by atoms with E-state index in [9.17, 15) is 0 Å². The lowest BCUT2D eigenvalue weighted by Crippen LogP contribution is -2.42. The van der Waals surface area contributed by atoms with Crippen LogP contribution in [0.2, 0.25) is 0 Å². The van der Waals surface area contributed by atoms with Crippen LogP contribution in [0, 0.1) is 0 Å². The zero-order valence-electron chi connectivity index (χ0n) is 11.2. The lowest BCUT2D eigenvalue weighted by molar-refractivity contribution is 0.299. The molecule has 4 heteroatoms. The maximum Gasteiger partial charge on any atom is 0.160 e. The summed E-state index contributed by atoms with van der Waals surface area (Å²) in [6, 6.07) is 1.13. The Labute approximate surface area is 103 Å². The largest absolute Gasteiger partial charge is 0.493 e. The van der Waals surface area contributed by atoms with E-state index in [2.05, 4.69) is 35.9 Å². The van der Waals surface area contributed by atoms with E-state index >= 15 is 0 Å². The minimum absolute atomic E-state index is 0.554. The van der Waals surface area contributed by atoms with Gasteiger partial charge in [0.25, 0.3) is 0 Å². The van der Waals surface area contributed by atoms with Gasteiger partial charge < -0.3 is 10.1 Å². The summed E-state index contributed by atoms with van der Waals surface area (Å²) in [4.78, 5) is 0. The second-order valence-electron chi connectivity index (χ2n) is 5.05. The van der Waals surface area contributed by atoms with Crippen LogP contribution >= 0.6 is 0 Å². The summed E-state index contributed by atoms with van der Waals surface area (Å²) in [5.41, 5.74) is 1.27. The molecule has 1 aromatic heterocycles. The molecule has 2 atom stereocenters. The highest BCUT2D eigenvalue weighted by atomic mass is 16.5. The van der Waals surface area contributed by atoms with E-state index in [0.29, 0.717) is 18.0 Å². The van der Waals surface area contributed by atoms with Crippen LogP contribution in [0.4, 0.5) is 0 Å². The van der Waals surface area contributed by atoms with Gasteiger partial charge in [-0.25, -0.2) is 0 Å². The van der Waals surface area contributed by atoms with Gasteiger partial charge in [0.1, 0.15) is 0 Å². The highest BCUT2D eigenvalue weighted by molar-refractivity contribution is 5.29. The number of hydrogen-bond donors (Lipinski definition) is 1. The van der Waals surface area contributed by atoms with E-state index in [-0.39, 0.29) is 0 Å². The normalized spacial score (nSPS) is 29.3. The second kappa shape index (κ2) is 5.08. The predicted molar refractivity (Wildman–Crippen MR) is 68.5 cm³/mol. The molecule has 0 aliphatic carbocycles. The molecule has 17 heavy (non-hydrogen) atoms. The zero-order chi connectivity index (χ0) is 12.4. The van der Waals surface area contributed by atoms with Gasteiger partial charge in [-0.05, 0) is 33.6 Å². The number of nitrogens with one attached hydrogen (secondary N) is 1. The summed E-state index contributed by atoms with van der Waals surface area (Å²) in [6.07, 6.45) is 4.16. The molecule has 1 aromatic rings. The number of rotatable bonds is 3. The standard InChI is InChI=1S/C13H23N3O/c1-5-16-13(12(17-4)8-14-16)11-6-9(2)15-10(3)7-11/h8-11,15H,5-7H2,1-4H3. The highest BCUT2D eigenvalue weighted by Gasteiger charge is 2.29. The van der Waals surface area contributed by atoms with Crippen molar-refractivity contribution in [2.75, 3.05) is 7.11 Å². The van der Waals surface area contributed by atoms with Crippen LogP contribution < -0.4 is 10.1 Å². The zero-order valence-corrected chi connectivity index (χ0v) is 11.2. The molecule has 2 unspecified atom stereocenters. The molecule has 96 valence electrons. The van der Waals surface area contributed by atoms with Gasteiger partial charge in [-0.15, -0.1) is 0 Å². The minimum atomic E-state index is 0.554. The average molecular weight is 237 g/mol. The van der Waals surface area contributed by atoms with E-state index < -0.39 is 0 Å². The number of ether oxygens (including phenoxy) is 1. The molecule has 1 N–H and O–H groups in total. The number of piperidine rings is 1. The minimum Gasteiger partial charge on any atom is -0.493 e. The van der Waals surface area contributed by atoms with Crippen LogP contribution in [0.25, 0.3) is 0 Å². The first-order valence-electron chi connectivity index (χ1n) is 6.51. The Hall–Kier alpha value is -1.03. The Morgan fingerprint density at radius 3 is 2.59 bits per heavy atom. The Kier molecular flexibility index (Phi) is 3.72. The van der Waals surface area contributed by atoms with E-state index in [0.717, 1.165) is 25.1 Å². The van der Waals surface area contributed by atoms with Crippen LogP contribution in [-0.4, -0.2) is 29.0 Å². The Morgan fingerprint density at radius 2 is 2.06 bits per heavy atom. The van der Waals surface area contributed by atoms with Gasteiger partial charge in [0, 0.05) is 24.5 Å². The Balaban J connectivity index is 2.28. The number of nitrogens with zero attached hydrogens (tertiary/aromatic N) is 2. The van der Waals surface area contributed by atoms with E-state index in [1.807, 2.05) is 6.20 Å². The molecule has 1 aliphatic rings. The topological polar surface area (TPSA) is 39.1 Å². The molecule has 0 radical (unpaired) electrons. The fourth-order valence-electron chi connectivity index (χ4n) is 2.99. The fourth-order valence-corrected chi connectivity index (χ4v) is 2.99. The maximum absolute atomic E-state index is 5.45. The molecule has 0 amide bonds. The molecule has 2 rings (SSSR count). The summed E-state index contributed by atoms with van der Waals surface area (Å²) in [5.74, 6) is 1.50. The first-order chi connectivity index (χ1) is 8.15. The summed E-state index contributed by atoms with van der Waals surface area (Å²) < 4.78 is 7.53. The smallest absolute Gasteiger partial charge is 0.160 e. The molecule has 2 heterocycles. The molecule has 1 saturated heterocycles. The van der Waals surface area contributed by atoms with Crippen molar-refractivity contribution in [3.8, 4) is 5.75 Å². The van der Waals surface area contributed by atoms with Crippen molar-refractivity contribution in [1.82, 2.24) is 15.1 Å². The SMILES string of the molecule is CCn1ncc(OC)c1C1CC(C)NC(C)C1. The molecule has 0 saturated carbocycles. The molecule has 0 bridgehead atoms. The number of methoxy groups -OCH3 is 1. The number of aromatic nitrogens is 2. The van der Waals surface area contributed by atoms with Crippen molar-refractivity contribution in [1.29, 1.82) is 0 Å². The fraction of sp³-hybridized carbons (Fsp3) is 0.769. The van der Waals surface area contributed by atoms with Crippen molar-refractivity contribution in [3.05, 3.63) is 11.9 Å². The summed E-state index contributed by atoms with van der Waals surface area (Å²) in [6.45, 7) is 7.54. The number of aryl methyl sites for hydroxylation is 1. The lowest BCUT2D eigenvalue weighted by Gasteiger charge is -2.33. The molecule has 1 fully saturated rings. The van der Waals surface area contributed by atoms with E-state index in [4.69, 9.17) is 4.74 Å². The Morgan fingerprint density at radius 1 is 1.41 bits per heavy atom. The number of hydrogen-bond acceptors (Lipinski definition) is 3. The second-order valence-corrected chi connectivity index (χ2v) is 5.05. The molecular formula is C13H23N3O. The third kappa shape index (κ3) is 2.46. The van der Waals surface area contributed by atoms with E-state index in [1.54, 1.807) is 7.11 Å². The molecule has 0 spiro atoms. The first kappa shape index (κ1) is 12.4. The lowest BCUT2D eigenvalue weighted by atomic mass is 9.86. The van der Waals surface area contributed by atoms with Crippen molar-refractivity contribution in [2.45, 2.75) is 58.2 Å². The maximum atomic E-state index is 5.45. The monoisotopic (exact) mass is 237 g/mol. The van der Waals surface area contributed by atoms with Gasteiger partial charge in [-0.2, -0.15) is 5.10 Å². The summed E-state index contributed by atoms with van der Waals surface area (Å²) in [5, 5.41) is 7.98. The van der Waals surface area contributed by atoms with Crippen molar-refractivity contribution < 1.29 is 4.74 Å². The predicted octanol–water partition coefficient (Wildman–Crippen LogP) is 2.16. The average Bonchev–Trinajstić information content (AvgIpc) is 2.70. The van der Waals surface area contributed by atoms with Crippen LogP contribution in [0.15, 0.2) is 6.20 Å². The first-order valence-corrected chi connectivity index (χ1v) is 6.51.